The summed E-state index contributed by atoms with van der Waals surface area (Å²) in [6.45, 7) is 9.91. The Morgan fingerprint density at radius 2 is 1.78 bits per heavy atom. The summed E-state index contributed by atoms with van der Waals surface area (Å²) in [7, 11) is 2.05. The van der Waals surface area contributed by atoms with Gasteiger partial charge in [0.05, 0.1) is 17.0 Å². The van der Waals surface area contributed by atoms with E-state index in [0.717, 1.165) is 22.1 Å². The Hall–Kier alpha value is -3.34. The Bertz CT molecular complexity index is 1290. The number of hydrogen-bond donors (Lipinski definition) is 0. The number of aliphatic imine (C=N–C) groups is 1. The van der Waals surface area contributed by atoms with Crippen molar-refractivity contribution in [2.45, 2.75) is 45.8 Å². The number of anilines is 1. The fourth-order valence-corrected chi connectivity index (χ4v) is 4.68. The summed E-state index contributed by atoms with van der Waals surface area (Å²) in [6, 6.07) is 18.0. The highest BCUT2D eigenvalue weighted by molar-refractivity contribution is 6.00. The molecule has 5 rings (SSSR count). The lowest BCUT2D eigenvalue weighted by Gasteiger charge is -2.45. The molecule has 0 N–H and O–H groups in total. The van der Waals surface area contributed by atoms with E-state index in [2.05, 4.69) is 44.0 Å². The van der Waals surface area contributed by atoms with Gasteiger partial charge in [-0.05, 0) is 69.8 Å². The highest BCUT2D eigenvalue weighted by Crippen LogP contribution is 2.54. The van der Waals surface area contributed by atoms with Crippen molar-refractivity contribution < 1.29 is 14.3 Å². The van der Waals surface area contributed by atoms with Gasteiger partial charge in [0, 0.05) is 18.1 Å². The van der Waals surface area contributed by atoms with Gasteiger partial charge in [-0.2, -0.15) is 0 Å². The van der Waals surface area contributed by atoms with Gasteiger partial charge < -0.3 is 14.4 Å². The van der Waals surface area contributed by atoms with E-state index in [-0.39, 0.29) is 11.4 Å². The topological polar surface area (TPSA) is 51.1 Å². The Kier molecular flexibility index (Phi) is 4.23. The number of rotatable bonds is 1. The highest BCUT2D eigenvalue weighted by atomic mass is 16.5. The number of carbonyl (C=O) groups is 1. The number of hydrogen-bond acceptors (Lipinski definition) is 5. The van der Waals surface area contributed by atoms with Gasteiger partial charge in [-0.25, -0.2) is 0 Å². The van der Waals surface area contributed by atoms with Crippen LogP contribution in [0.15, 0.2) is 59.6 Å². The molecule has 0 bridgehead atoms. The lowest BCUT2D eigenvalue weighted by molar-refractivity contribution is -0.142. The van der Waals surface area contributed by atoms with E-state index in [1.165, 1.54) is 5.56 Å². The van der Waals surface area contributed by atoms with E-state index in [1.54, 1.807) is 0 Å². The average molecular weight is 429 g/mol. The van der Waals surface area contributed by atoms with Crippen molar-refractivity contribution in [2.75, 3.05) is 11.9 Å². The average Bonchev–Trinajstić information content (AvgIpc) is 2.91. The van der Waals surface area contributed by atoms with Crippen LogP contribution in [0.2, 0.25) is 0 Å². The number of para-hydroxylation sites is 1. The van der Waals surface area contributed by atoms with Crippen LogP contribution in [0.4, 0.5) is 11.4 Å². The van der Waals surface area contributed by atoms with Gasteiger partial charge in [-0.15, -0.1) is 0 Å². The van der Waals surface area contributed by atoms with E-state index in [0.29, 0.717) is 11.5 Å². The molecule has 3 aromatic carbocycles. The predicted molar refractivity (Wildman–Crippen MR) is 128 cm³/mol. The molecule has 164 valence electrons. The summed E-state index contributed by atoms with van der Waals surface area (Å²) < 4.78 is 12.4. The van der Waals surface area contributed by atoms with E-state index in [4.69, 9.17) is 14.5 Å². The molecule has 0 radical (unpaired) electrons. The zero-order chi connectivity index (χ0) is 22.9. The molecule has 2 heterocycles. The number of carbonyl (C=O) groups excluding carboxylic acids is 1. The minimum Gasteiger partial charge on any atom is -0.459 e. The van der Waals surface area contributed by atoms with Crippen LogP contribution < -0.4 is 14.4 Å². The second-order valence-electron chi connectivity index (χ2n) is 10.2. The molecule has 2 aliphatic rings. The monoisotopic (exact) mass is 428 g/mol. The first-order chi connectivity index (χ1) is 15.0. The molecule has 0 aliphatic carbocycles. The maximum Gasteiger partial charge on any atom is 0.316 e. The van der Waals surface area contributed by atoms with Gasteiger partial charge in [0.25, 0.3) is 0 Å². The molecule has 0 saturated carbocycles. The SMILES string of the molecule is CN1c2ccccc2C(C)(C)C12C=Nc1c(ccc3ccc(OC(=O)C(C)(C)C)cc13)O2. The standard InChI is InChI=1S/C27H28N2O3/c1-25(2,3)24(30)31-18-13-11-17-12-14-22-23(19(17)15-18)28-16-27(32-22)26(4,5)20-9-7-8-10-21(20)29(27)6/h7-16H,1-6H3. The molecule has 0 saturated heterocycles. The minimum atomic E-state index is -0.728. The zero-order valence-electron chi connectivity index (χ0n) is 19.4. The van der Waals surface area contributed by atoms with Crippen LogP contribution in [-0.4, -0.2) is 25.0 Å². The number of fused-ring (bicyclic) bond motifs is 4. The molecular weight excluding hydrogens is 400 g/mol. The van der Waals surface area contributed by atoms with Gasteiger partial charge in [0.1, 0.15) is 17.2 Å². The first-order valence-corrected chi connectivity index (χ1v) is 10.9. The smallest absolute Gasteiger partial charge is 0.316 e. The summed E-state index contributed by atoms with van der Waals surface area (Å²) in [5, 5.41) is 1.90. The highest BCUT2D eigenvalue weighted by Gasteiger charge is 2.58. The maximum absolute atomic E-state index is 12.4. The van der Waals surface area contributed by atoms with E-state index in [9.17, 15) is 4.79 Å². The summed E-state index contributed by atoms with van der Waals surface area (Å²) in [4.78, 5) is 19.5. The van der Waals surface area contributed by atoms with Crippen molar-refractivity contribution in [3.05, 3.63) is 60.2 Å². The van der Waals surface area contributed by atoms with Gasteiger partial charge in [0.15, 0.2) is 0 Å². The van der Waals surface area contributed by atoms with Gasteiger partial charge >= 0.3 is 5.97 Å². The Balaban J connectivity index is 1.59. The second kappa shape index (κ2) is 6.58. The second-order valence-corrected chi connectivity index (χ2v) is 10.2. The molecule has 1 unspecified atom stereocenters. The van der Waals surface area contributed by atoms with Gasteiger partial charge in [0.2, 0.25) is 5.72 Å². The lowest BCUT2D eigenvalue weighted by atomic mass is 9.77. The Morgan fingerprint density at radius 3 is 2.50 bits per heavy atom. The molecule has 0 amide bonds. The Morgan fingerprint density at radius 1 is 1.06 bits per heavy atom. The summed E-state index contributed by atoms with van der Waals surface area (Å²) in [6.07, 6.45) is 1.92. The summed E-state index contributed by atoms with van der Waals surface area (Å²) in [5.74, 6) is 0.950. The van der Waals surface area contributed by atoms with Crippen LogP contribution in [0.25, 0.3) is 10.8 Å². The molecule has 2 aliphatic heterocycles. The van der Waals surface area contributed by atoms with Crippen LogP contribution in [-0.2, 0) is 10.2 Å². The number of nitrogens with zero attached hydrogens (tertiary/aromatic N) is 2. The third-order valence-electron chi connectivity index (χ3n) is 6.72. The predicted octanol–water partition coefficient (Wildman–Crippen LogP) is 6.01. The molecule has 1 spiro atoms. The number of ether oxygens (including phenoxy) is 2. The molecule has 3 aromatic rings. The van der Waals surface area contributed by atoms with Gasteiger partial charge in [-0.1, -0.05) is 30.3 Å². The third kappa shape index (κ3) is 2.77. The van der Waals surface area contributed by atoms with Crippen molar-refractivity contribution in [1.29, 1.82) is 0 Å². The molecular formula is C27H28N2O3. The quantitative estimate of drug-likeness (QED) is 0.352. The fourth-order valence-electron chi connectivity index (χ4n) is 4.68. The lowest BCUT2D eigenvalue weighted by Crippen LogP contribution is -2.61. The minimum absolute atomic E-state index is 0.271. The van der Waals surface area contributed by atoms with Crippen molar-refractivity contribution in [3.8, 4) is 11.5 Å². The molecule has 0 aromatic heterocycles. The fraction of sp³-hybridized carbons (Fsp3) is 0.333. The van der Waals surface area contributed by atoms with Crippen LogP contribution >= 0.6 is 0 Å². The van der Waals surface area contributed by atoms with Crippen molar-refractivity contribution in [3.63, 3.8) is 0 Å². The normalized spacial score (nSPS) is 20.8. The first kappa shape index (κ1) is 20.6. The maximum atomic E-state index is 12.4. The molecule has 5 nitrogen and oxygen atoms in total. The molecule has 32 heavy (non-hydrogen) atoms. The summed E-state index contributed by atoms with van der Waals surface area (Å²) >= 11 is 0. The first-order valence-electron chi connectivity index (χ1n) is 10.9. The van der Waals surface area contributed by atoms with Crippen LogP contribution in [0.5, 0.6) is 11.5 Å². The number of esters is 1. The third-order valence-corrected chi connectivity index (χ3v) is 6.72. The number of likely N-dealkylation sites (N-methyl/N-ethyl adjacent to an activating group) is 1. The van der Waals surface area contributed by atoms with Crippen LogP contribution in [0.1, 0.15) is 40.2 Å². The van der Waals surface area contributed by atoms with E-state index < -0.39 is 11.1 Å². The van der Waals surface area contributed by atoms with Gasteiger partial charge in [-0.3, -0.25) is 9.79 Å². The van der Waals surface area contributed by atoms with E-state index in [1.807, 2.05) is 63.4 Å². The van der Waals surface area contributed by atoms with Crippen molar-refractivity contribution >= 4 is 34.3 Å². The Labute approximate surface area is 188 Å². The number of benzene rings is 3. The molecule has 5 heteroatoms. The largest absolute Gasteiger partial charge is 0.459 e. The zero-order valence-corrected chi connectivity index (χ0v) is 19.4. The van der Waals surface area contributed by atoms with Crippen molar-refractivity contribution in [1.82, 2.24) is 0 Å². The molecule has 0 fully saturated rings. The van der Waals surface area contributed by atoms with E-state index >= 15 is 0 Å². The van der Waals surface area contributed by atoms with Crippen LogP contribution in [0.3, 0.4) is 0 Å². The van der Waals surface area contributed by atoms with Crippen molar-refractivity contribution in [2.24, 2.45) is 10.4 Å². The van der Waals surface area contributed by atoms with Crippen LogP contribution in [0, 0.1) is 5.41 Å². The summed E-state index contributed by atoms with van der Waals surface area (Å²) in [5.41, 5.74) is 1.51. The molecule has 1 atom stereocenters.